The van der Waals surface area contributed by atoms with Crippen molar-refractivity contribution in [2.24, 2.45) is 0 Å². The fourth-order valence-electron chi connectivity index (χ4n) is 6.17. The van der Waals surface area contributed by atoms with Crippen LogP contribution < -0.4 is 5.32 Å². The number of hydrogen-bond donors (Lipinski definition) is 5. The number of hydrogen-bond acceptors (Lipinski definition) is 5. The SMILES string of the molecule is CCCCCCCCCCCCCCCCCCC(O)C(O)C(CO)NC(=O)C(O)CCCCCCCCCCCCCC. The van der Waals surface area contributed by atoms with Crippen LogP contribution in [0.25, 0.3) is 0 Å². The van der Waals surface area contributed by atoms with E-state index < -0.39 is 36.9 Å². The standard InChI is InChI=1S/C38H77NO5/c1-3-5-7-9-11-13-15-17-18-19-20-22-23-25-27-29-31-35(41)37(43)34(33-40)39-38(44)36(42)32-30-28-26-24-21-16-14-12-10-8-6-4-2/h34-37,40-43H,3-33H2,1-2H3,(H,39,44). The molecule has 44 heavy (non-hydrogen) atoms. The van der Waals surface area contributed by atoms with Gasteiger partial charge in [-0.15, -0.1) is 0 Å². The van der Waals surface area contributed by atoms with Crippen molar-refractivity contribution in [3.05, 3.63) is 0 Å². The van der Waals surface area contributed by atoms with Gasteiger partial charge in [-0.25, -0.2) is 0 Å². The van der Waals surface area contributed by atoms with Crippen LogP contribution in [0.4, 0.5) is 0 Å². The molecule has 5 N–H and O–H groups in total. The number of aliphatic hydroxyl groups is 4. The lowest BCUT2D eigenvalue weighted by atomic mass is 9.99. The lowest BCUT2D eigenvalue weighted by molar-refractivity contribution is -0.132. The molecule has 264 valence electrons. The number of rotatable bonds is 35. The monoisotopic (exact) mass is 628 g/mol. The summed E-state index contributed by atoms with van der Waals surface area (Å²) in [5, 5.41) is 43.5. The summed E-state index contributed by atoms with van der Waals surface area (Å²) in [6.45, 7) is 4.04. The predicted octanol–water partition coefficient (Wildman–Crippen LogP) is 9.29. The highest BCUT2D eigenvalue weighted by molar-refractivity contribution is 5.80. The van der Waals surface area contributed by atoms with E-state index >= 15 is 0 Å². The normalized spacial score (nSPS) is 14.4. The van der Waals surface area contributed by atoms with Crippen LogP contribution in [-0.4, -0.2) is 57.3 Å². The molecule has 1 amide bonds. The van der Waals surface area contributed by atoms with Crippen LogP contribution in [0.3, 0.4) is 0 Å². The highest BCUT2D eigenvalue weighted by Gasteiger charge is 2.28. The number of carbonyl (C=O) groups excluding carboxylic acids is 1. The van der Waals surface area contributed by atoms with E-state index in [1.807, 2.05) is 0 Å². The zero-order valence-electron chi connectivity index (χ0n) is 29.4. The first kappa shape index (κ1) is 43.3. The van der Waals surface area contributed by atoms with Crippen LogP contribution in [0, 0.1) is 0 Å². The van der Waals surface area contributed by atoms with Crippen molar-refractivity contribution in [2.75, 3.05) is 6.61 Å². The van der Waals surface area contributed by atoms with Crippen molar-refractivity contribution in [3.63, 3.8) is 0 Å². The average molecular weight is 628 g/mol. The Labute approximate surface area is 273 Å². The molecule has 0 aromatic heterocycles. The molecule has 0 saturated heterocycles. The number of amides is 1. The Hall–Kier alpha value is -0.690. The van der Waals surface area contributed by atoms with E-state index in [9.17, 15) is 25.2 Å². The van der Waals surface area contributed by atoms with Crippen LogP contribution in [0.2, 0.25) is 0 Å². The van der Waals surface area contributed by atoms with E-state index in [2.05, 4.69) is 19.2 Å². The van der Waals surface area contributed by atoms with Crippen molar-refractivity contribution in [1.82, 2.24) is 5.32 Å². The Kier molecular flexibility index (Phi) is 33.1. The lowest BCUT2D eigenvalue weighted by Crippen LogP contribution is -2.53. The van der Waals surface area contributed by atoms with E-state index in [0.717, 1.165) is 38.5 Å². The van der Waals surface area contributed by atoms with Crippen molar-refractivity contribution in [1.29, 1.82) is 0 Å². The maximum Gasteiger partial charge on any atom is 0.249 e. The predicted molar refractivity (Wildman–Crippen MR) is 187 cm³/mol. The number of unbranched alkanes of at least 4 members (excludes halogenated alkanes) is 26. The third-order valence-electron chi connectivity index (χ3n) is 9.32. The van der Waals surface area contributed by atoms with Gasteiger partial charge >= 0.3 is 0 Å². The Morgan fingerprint density at radius 1 is 0.477 bits per heavy atom. The van der Waals surface area contributed by atoms with Crippen molar-refractivity contribution in [2.45, 2.75) is 231 Å². The molecule has 6 heteroatoms. The molecule has 0 aromatic carbocycles. The van der Waals surface area contributed by atoms with Gasteiger partial charge in [-0.1, -0.05) is 194 Å². The minimum atomic E-state index is -1.25. The van der Waals surface area contributed by atoms with Crippen molar-refractivity contribution < 1.29 is 25.2 Å². The van der Waals surface area contributed by atoms with E-state index in [4.69, 9.17) is 0 Å². The first-order valence-electron chi connectivity index (χ1n) is 19.4. The van der Waals surface area contributed by atoms with Crippen LogP contribution in [0.5, 0.6) is 0 Å². The number of aliphatic hydroxyl groups excluding tert-OH is 4. The third-order valence-corrected chi connectivity index (χ3v) is 9.32. The van der Waals surface area contributed by atoms with Gasteiger partial charge in [-0.05, 0) is 12.8 Å². The van der Waals surface area contributed by atoms with Gasteiger partial charge in [0, 0.05) is 0 Å². The van der Waals surface area contributed by atoms with E-state index in [1.54, 1.807) is 0 Å². The molecule has 4 unspecified atom stereocenters. The molecule has 0 radical (unpaired) electrons. The van der Waals surface area contributed by atoms with Gasteiger partial charge in [-0.3, -0.25) is 4.79 Å². The van der Waals surface area contributed by atoms with Crippen molar-refractivity contribution in [3.8, 4) is 0 Å². The third kappa shape index (κ3) is 27.6. The topological polar surface area (TPSA) is 110 Å². The smallest absolute Gasteiger partial charge is 0.249 e. The van der Waals surface area contributed by atoms with E-state index in [-0.39, 0.29) is 0 Å². The molecular formula is C38H77NO5. The fraction of sp³-hybridized carbons (Fsp3) is 0.974. The molecule has 0 bridgehead atoms. The largest absolute Gasteiger partial charge is 0.394 e. The van der Waals surface area contributed by atoms with Gasteiger partial charge in [0.05, 0.1) is 18.8 Å². The van der Waals surface area contributed by atoms with Crippen LogP contribution >= 0.6 is 0 Å². The van der Waals surface area contributed by atoms with Crippen LogP contribution in [0.1, 0.15) is 206 Å². The second kappa shape index (κ2) is 33.7. The molecule has 0 heterocycles. The number of carbonyl (C=O) groups is 1. The second-order valence-electron chi connectivity index (χ2n) is 13.6. The van der Waals surface area contributed by atoms with Gasteiger partial charge in [0.15, 0.2) is 0 Å². The van der Waals surface area contributed by atoms with Crippen molar-refractivity contribution >= 4 is 5.91 Å². The second-order valence-corrected chi connectivity index (χ2v) is 13.6. The maximum atomic E-state index is 12.4. The van der Waals surface area contributed by atoms with Gasteiger partial charge in [0.25, 0.3) is 0 Å². The minimum Gasteiger partial charge on any atom is -0.394 e. The Bertz CT molecular complexity index is 590. The summed E-state index contributed by atoms with van der Waals surface area (Å²) in [4.78, 5) is 12.4. The summed E-state index contributed by atoms with van der Waals surface area (Å²) >= 11 is 0. The average Bonchev–Trinajstić information content (AvgIpc) is 3.03. The first-order valence-corrected chi connectivity index (χ1v) is 19.4. The van der Waals surface area contributed by atoms with Gasteiger partial charge in [0.2, 0.25) is 5.91 Å². The zero-order valence-corrected chi connectivity index (χ0v) is 29.4. The molecule has 0 aliphatic carbocycles. The van der Waals surface area contributed by atoms with Gasteiger partial charge in [-0.2, -0.15) is 0 Å². The summed E-state index contributed by atoms with van der Waals surface area (Å²) in [5.41, 5.74) is 0. The molecule has 0 rings (SSSR count). The number of nitrogens with one attached hydrogen (secondary N) is 1. The molecule has 0 aliphatic heterocycles. The highest BCUT2D eigenvalue weighted by atomic mass is 16.3. The van der Waals surface area contributed by atoms with Crippen LogP contribution in [-0.2, 0) is 4.79 Å². The van der Waals surface area contributed by atoms with E-state index in [0.29, 0.717) is 12.8 Å². The Morgan fingerprint density at radius 2 is 0.773 bits per heavy atom. The highest BCUT2D eigenvalue weighted by Crippen LogP contribution is 2.16. The summed E-state index contributed by atoms with van der Waals surface area (Å²) in [6.07, 6.45) is 32.6. The molecule has 0 aliphatic rings. The maximum absolute atomic E-state index is 12.4. The molecule has 6 nitrogen and oxygen atoms in total. The molecule has 0 saturated carbocycles. The van der Waals surface area contributed by atoms with Crippen LogP contribution in [0.15, 0.2) is 0 Å². The summed E-state index contributed by atoms with van der Waals surface area (Å²) < 4.78 is 0. The van der Waals surface area contributed by atoms with E-state index in [1.165, 1.54) is 141 Å². The quantitative estimate of drug-likeness (QED) is 0.0450. The molecule has 0 aromatic rings. The van der Waals surface area contributed by atoms with Gasteiger partial charge in [0.1, 0.15) is 12.2 Å². The lowest BCUT2D eigenvalue weighted by Gasteiger charge is -2.27. The molecule has 0 fully saturated rings. The molecule has 4 atom stereocenters. The first-order chi connectivity index (χ1) is 21.5. The molecular weight excluding hydrogens is 550 g/mol. The zero-order chi connectivity index (χ0) is 32.5. The summed E-state index contributed by atoms with van der Waals surface area (Å²) in [6, 6.07) is -0.977. The fourth-order valence-corrected chi connectivity index (χ4v) is 6.17. The summed E-state index contributed by atoms with van der Waals surface area (Å²) in [5.74, 6) is -0.583. The van der Waals surface area contributed by atoms with Gasteiger partial charge < -0.3 is 25.7 Å². The Morgan fingerprint density at radius 3 is 1.09 bits per heavy atom. The minimum absolute atomic E-state index is 0.374. The summed E-state index contributed by atoms with van der Waals surface area (Å²) in [7, 11) is 0. The molecule has 0 spiro atoms. The Balaban J connectivity index is 3.76.